The second kappa shape index (κ2) is 7.44. The van der Waals surface area contributed by atoms with Crippen LogP contribution in [0, 0.1) is 11.3 Å². The molecule has 1 aliphatic carbocycles. The van der Waals surface area contributed by atoms with E-state index in [2.05, 4.69) is 33.0 Å². The molecule has 1 fully saturated rings. The van der Waals surface area contributed by atoms with Crippen molar-refractivity contribution in [3.05, 3.63) is 0 Å². The average Bonchev–Trinajstić information content (AvgIpc) is 2.36. The van der Waals surface area contributed by atoms with Gasteiger partial charge in [-0.05, 0) is 30.6 Å². The number of hydrogen-bond donors (Lipinski definition) is 2. The summed E-state index contributed by atoms with van der Waals surface area (Å²) in [5.41, 5.74) is 5.87. The van der Waals surface area contributed by atoms with Crippen molar-refractivity contribution in [1.82, 2.24) is 5.32 Å². The second-order valence-corrected chi connectivity index (χ2v) is 7.66. The van der Waals surface area contributed by atoms with Gasteiger partial charge in [-0.1, -0.05) is 59.8 Å². The van der Waals surface area contributed by atoms with Crippen LogP contribution in [0.3, 0.4) is 0 Å². The van der Waals surface area contributed by atoms with Crippen molar-refractivity contribution in [2.45, 2.75) is 84.6 Å². The molecular formula is C17H34N2O. The van der Waals surface area contributed by atoms with Gasteiger partial charge in [0, 0.05) is 6.54 Å². The highest BCUT2D eigenvalue weighted by molar-refractivity contribution is 5.86. The molecule has 0 aromatic carbocycles. The van der Waals surface area contributed by atoms with Gasteiger partial charge < -0.3 is 11.1 Å². The van der Waals surface area contributed by atoms with Gasteiger partial charge in [0.1, 0.15) is 0 Å². The molecule has 1 aliphatic rings. The van der Waals surface area contributed by atoms with E-state index in [9.17, 15) is 4.79 Å². The zero-order valence-corrected chi connectivity index (χ0v) is 13.9. The molecule has 3 heteroatoms. The van der Waals surface area contributed by atoms with Gasteiger partial charge in [-0.3, -0.25) is 4.79 Å². The van der Waals surface area contributed by atoms with Crippen LogP contribution < -0.4 is 11.1 Å². The third kappa shape index (κ3) is 5.43. The Morgan fingerprint density at radius 2 is 2.10 bits per heavy atom. The van der Waals surface area contributed by atoms with E-state index in [1.807, 2.05) is 0 Å². The van der Waals surface area contributed by atoms with E-state index in [0.717, 1.165) is 32.2 Å². The fourth-order valence-electron chi connectivity index (χ4n) is 3.24. The van der Waals surface area contributed by atoms with Crippen molar-refractivity contribution >= 4 is 5.91 Å². The molecule has 3 N–H and O–H groups in total. The topological polar surface area (TPSA) is 55.1 Å². The van der Waals surface area contributed by atoms with Gasteiger partial charge >= 0.3 is 0 Å². The van der Waals surface area contributed by atoms with Crippen LogP contribution in [0.4, 0.5) is 0 Å². The van der Waals surface area contributed by atoms with Crippen LogP contribution in [0.15, 0.2) is 0 Å². The summed E-state index contributed by atoms with van der Waals surface area (Å²) in [5.74, 6) is 0.629. The predicted octanol–water partition coefficient (Wildman–Crippen LogP) is 3.62. The smallest absolute Gasteiger partial charge is 0.240 e. The SMILES string of the molecule is CCCCCC(C)(C)CNC(=O)C1(N)CCCC(C)C1. The molecule has 0 saturated heterocycles. The van der Waals surface area contributed by atoms with Crippen molar-refractivity contribution in [2.24, 2.45) is 17.1 Å². The van der Waals surface area contributed by atoms with Gasteiger partial charge in [0.25, 0.3) is 0 Å². The standard InChI is InChI=1S/C17H34N2O/c1-5-6-7-10-16(3,4)13-19-15(20)17(18)11-8-9-14(2)12-17/h14H,5-13,18H2,1-4H3,(H,19,20). The summed E-state index contributed by atoms with van der Waals surface area (Å²) in [6.45, 7) is 9.62. The summed E-state index contributed by atoms with van der Waals surface area (Å²) in [6.07, 6.45) is 8.86. The molecule has 2 unspecified atom stereocenters. The van der Waals surface area contributed by atoms with E-state index in [-0.39, 0.29) is 11.3 Å². The zero-order valence-electron chi connectivity index (χ0n) is 13.9. The molecule has 0 spiro atoms. The number of hydrogen-bond acceptors (Lipinski definition) is 2. The Kier molecular flexibility index (Phi) is 6.50. The first-order valence-electron chi connectivity index (χ1n) is 8.36. The van der Waals surface area contributed by atoms with Crippen molar-refractivity contribution in [3.8, 4) is 0 Å². The maximum Gasteiger partial charge on any atom is 0.240 e. The van der Waals surface area contributed by atoms with E-state index in [4.69, 9.17) is 5.73 Å². The van der Waals surface area contributed by atoms with Gasteiger partial charge in [0.05, 0.1) is 5.54 Å². The van der Waals surface area contributed by atoms with Crippen LogP contribution in [0.5, 0.6) is 0 Å². The molecule has 1 saturated carbocycles. The molecule has 20 heavy (non-hydrogen) atoms. The molecule has 0 aromatic heterocycles. The van der Waals surface area contributed by atoms with Crippen LogP contribution >= 0.6 is 0 Å². The van der Waals surface area contributed by atoms with E-state index < -0.39 is 5.54 Å². The average molecular weight is 282 g/mol. The number of carbonyl (C=O) groups is 1. The largest absolute Gasteiger partial charge is 0.354 e. The molecule has 0 aromatic rings. The minimum Gasteiger partial charge on any atom is -0.354 e. The summed E-state index contributed by atoms with van der Waals surface area (Å²) in [6, 6.07) is 0. The Bertz CT molecular complexity index is 314. The van der Waals surface area contributed by atoms with Gasteiger partial charge in [0.15, 0.2) is 0 Å². The minimum absolute atomic E-state index is 0.0626. The number of rotatable bonds is 7. The fraction of sp³-hybridized carbons (Fsp3) is 0.941. The van der Waals surface area contributed by atoms with Gasteiger partial charge in [-0.25, -0.2) is 0 Å². The molecule has 0 aliphatic heterocycles. The Morgan fingerprint density at radius 1 is 1.40 bits per heavy atom. The lowest BCUT2D eigenvalue weighted by Crippen LogP contribution is -2.57. The Labute approximate surface area is 125 Å². The summed E-state index contributed by atoms with van der Waals surface area (Å²) in [4.78, 5) is 12.4. The zero-order chi connectivity index (χ0) is 15.2. The van der Waals surface area contributed by atoms with Gasteiger partial charge in [-0.15, -0.1) is 0 Å². The molecule has 1 rings (SSSR count). The summed E-state index contributed by atoms with van der Waals surface area (Å²) >= 11 is 0. The summed E-state index contributed by atoms with van der Waals surface area (Å²) in [5, 5.41) is 3.12. The number of amides is 1. The first kappa shape index (κ1) is 17.5. The van der Waals surface area contributed by atoms with Crippen LogP contribution in [0.2, 0.25) is 0 Å². The molecular weight excluding hydrogens is 248 g/mol. The van der Waals surface area contributed by atoms with E-state index in [0.29, 0.717) is 5.92 Å². The molecule has 118 valence electrons. The van der Waals surface area contributed by atoms with Crippen LogP contribution in [-0.4, -0.2) is 18.0 Å². The lowest BCUT2D eigenvalue weighted by molar-refractivity contribution is -0.128. The van der Waals surface area contributed by atoms with Crippen molar-refractivity contribution < 1.29 is 4.79 Å². The third-order valence-electron chi connectivity index (χ3n) is 4.67. The monoisotopic (exact) mass is 282 g/mol. The van der Waals surface area contributed by atoms with Crippen molar-refractivity contribution in [1.29, 1.82) is 0 Å². The normalized spacial score (nSPS) is 27.4. The molecule has 3 nitrogen and oxygen atoms in total. The first-order valence-corrected chi connectivity index (χ1v) is 8.36. The Hall–Kier alpha value is -0.570. The fourth-order valence-corrected chi connectivity index (χ4v) is 3.24. The molecule has 0 heterocycles. The quantitative estimate of drug-likeness (QED) is 0.701. The lowest BCUT2D eigenvalue weighted by atomic mass is 9.76. The maximum atomic E-state index is 12.4. The molecule has 0 radical (unpaired) electrons. The Balaban J connectivity index is 2.41. The van der Waals surface area contributed by atoms with Crippen LogP contribution in [0.25, 0.3) is 0 Å². The van der Waals surface area contributed by atoms with E-state index in [1.54, 1.807) is 0 Å². The molecule has 0 bridgehead atoms. The van der Waals surface area contributed by atoms with Crippen molar-refractivity contribution in [2.75, 3.05) is 6.54 Å². The summed E-state index contributed by atoms with van der Waals surface area (Å²) < 4.78 is 0. The molecule has 2 atom stereocenters. The second-order valence-electron chi connectivity index (χ2n) is 7.66. The minimum atomic E-state index is -0.628. The number of nitrogens with one attached hydrogen (secondary N) is 1. The van der Waals surface area contributed by atoms with E-state index >= 15 is 0 Å². The lowest BCUT2D eigenvalue weighted by Gasteiger charge is -2.36. The van der Waals surface area contributed by atoms with Gasteiger partial charge in [-0.2, -0.15) is 0 Å². The number of carbonyl (C=O) groups excluding carboxylic acids is 1. The third-order valence-corrected chi connectivity index (χ3v) is 4.67. The van der Waals surface area contributed by atoms with Gasteiger partial charge in [0.2, 0.25) is 5.91 Å². The van der Waals surface area contributed by atoms with Crippen LogP contribution in [-0.2, 0) is 4.79 Å². The highest BCUT2D eigenvalue weighted by Gasteiger charge is 2.38. The highest BCUT2D eigenvalue weighted by atomic mass is 16.2. The van der Waals surface area contributed by atoms with Crippen molar-refractivity contribution in [3.63, 3.8) is 0 Å². The number of unbranched alkanes of at least 4 members (excludes halogenated alkanes) is 2. The predicted molar refractivity (Wildman–Crippen MR) is 85.5 cm³/mol. The summed E-state index contributed by atoms with van der Waals surface area (Å²) in [7, 11) is 0. The first-order chi connectivity index (χ1) is 9.29. The number of nitrogens with two attached hydrogens (primary N) is 1. The van der Waals surface area contributed by atoms with Crippen LogP contribution in [0.1, 0.15) is 79.1 Å². The maximum absolute atomic E-state index is 12.4. The molecule has 1 amide bonds. The van der Waals surface area contributed by atoms with E-state index in [1.165, 1.54) is 25.7 Å². The Morgan fingerprint density at radius 3 is 2.70 bits per heavy atom. The highest BCUT2D eigenvalue weighted by Crippen LogP contribution is 2.31.